The Morgan fingerprint density at radius 2 is 1.68 bits per heavy atom. The molecule has 0 aliphatic rings. The molecule has 4 aromatic rings. The minimum absolute atomic E-state index is 0.279. The molecule has 0 aliphatic heterocycles. The van der Waals surface area contributed by atoms with E-state index in [1.807, 2.05) is 36.4 Å². The Kier molecular flexibility index (Phi) is 4.94. The fourth-order valence-corrected chi connectivity index (χ4v) is 3.08. The summed E-state index contributed by atoms with van der Waals surface area (Å²) in [5.41, 5.74) is 3.58. The first-order valence-electron chi connectivity index (χ1n) is 9.18. The number of hydrogen-bond donors (Lipinski definition) is 0. The standard InChI is InChI=1S/C24H20FNO2/c1-3-16-4-13-23-21(14-16)22(26-19-9-7-18(25)8-10-19)15-24(28-23)17-5-11-20(27-2)12-6-17/h4-15H,3H2,1-2H3. The summed E-state index contributed by atoms with van der Waals surface area (Å²) >= 11 is 0. The number of ether oxygens (including phenoxy) is 1. The van der Waals surface area contributed by atoms with Gasteiger partial charge in [-0.15, -0.1) is 0 Å². The fourth-order valence-electron chi connectivity index (χ4n) is 3.08. The molecule has 0 bridgehead atoms. The second-order valence-electron chi connectivity index (χ2n) is 6.50. The lowest BCUT2D eigenvalue weighted by Gasteiger charge is -2.07. The molecule has 0 aliphatic carbocycles. The third kappa shape index (κ3) is 3.67. The molecule has 1 heterocycles. The zero-order valence-corrected chi connectivity index (χ0v) is 15.8. The molecule has 0 unspecified atom stereocenters. The SMILES string of the molecule is CCc1ccc2oc(-c3ccc(OC)cc3)cc(=Nc3ccc(F)cc3)c2c1. The van der Waals surface area contributed by atoms with E-state index in [1.54, 1.807) is 19.2 Å². The molecule has 4 rings (SSSR count). The number of methoxy groups -OCH3 is 1. The van der Waals surface area contributed by atoms with Gasteiger partial charge in [0.15, 0.2) is 0 Å². The van der Waals surface area contributed by atoms with Crippen LogP contribution in [0.3, 0.4) is 0 Å². The van der Waals surface area contributed by atoms with Crippen LogP contribution in [-0.4, -0.2) is 7.11 Å². The highest BCUT2D eigenvalue weighted by Gasteiger charge is 2.08. The molecule has 0 saturated carbocycles. The maximum absolute atomic E-state index is 13.3. The Balaban J connectivity index is 1.94. The fraction of sp³-hybridized carbons (Fsp3) is 0.125. The van der Waals surface area contributed by atoms with Crippen LogP contribution in [0.4, 0.5) is 10.1 Å². The normalized spacial score (nSPS) is 11.8. The quantitative estimate of drug-likeness (QED) is 0.437. The maximum atomic E-state index is 13.3. The molecular formula is C24H20FNO2. The summed E-state index contributed by atoms with van der Waals surface area (Å²) in [6.07, 6.45) is 0.923. The van der Waals surface area contributed by atoms with E-state index in [2.05, 4.69) is 19.1 Å². The summed E-state index contributed by atoms with van der Waals surface area (Å²) in [5, 5.41) is 1.72. The van der Waals surface area contributed by atoms with E-state index < -0.39 is 0 Å². The predicted octanol–water partition coefficient (Wildman–Crippen LogP) is 6.04. The third-order valence-electron chi connectivity index (χ3n) is 4.67. The van der Waals surface area contributed by atoms with Gasteiger partial charge in [0, 0.05) is 17.0 Å². The van der Waals surface area contributed by atoms with Crippen molar-refractivity contribution in [2.24, 2.45) is 4.99 Å². The number of hydrogen-bond acceptors (Lipinski definition) is 3. The van der Waals surface area contributed by atoms with Crippen molar-refractivity contribution in [3.8, 4) is 17.1 Å². The average molecular weight is 373 g/mol. The summed E-state index contributed by atoms with van der Waals surface area (Å²) in [6.45, 7) is 2.11. The summed E-state index contributed by atoms with van der Waals surface area (Å²) < 4.78 is 24.6. The molecule has 0 fully saturated rings. The van der Waals surface area contributed by atoms with Gasteiger partial charge < -0.3 is 9.15 Å². The van der Waals surface area contributed by atoms with Gasteiger partial charge in [-0.2, -0.15) is 0 Å². The van der Waals surface area contributed by atoms with Crippen molar-refractivity contribution < 1.29 is 13.5 Å². The molecule has 0 saturated heterocycles. The van der Waals surface area contributed by atoms with Crippen LogP contribution in [0.1, 0.15) is 12.5 Å². The zero-order chi connectivity index (χ0) is 19.5. The van der Waals surface area contributed by atoms with Crippen molar-refractivity contribution in [2.75, 3.05) is 7.11 Å². The monoisotopic (exact) mass is 373 g/mol. The van der Waals surface area contributed by atoms with Crippen LogP contribution >= 0.6 is 0 Å². The Labute approximate surface area is 162 Å². The highest BCUT2D eigenvalue weighted by molar-refractivity contribution is 5.79. The lowest BCUT2D eigenvalue weighted by molar-refractivity contribution is 0.415. The Morgan fingerprint density at radius 3 is 2.36 bits per heavy atom. The van der Waals surface area contributed by atoms with Gasteiger partial charge in [-0.25, -0.2) is 9.38 Å². The van der Waals surface area contributed by atoms with Crippen molar-refractivity contribution in [1.82, 2.24) is 0 Å². The van der Waals surface area contributed by atoms with Crippen LogP contribution in [0, 0.1) is 5.82 Å². The lowest BCUT2D eigenvalue weighted by Crippen LogP contribution is -2.04. The first-order valence-corrected chi connectivity index (χ1v) is 9.18. The van der Waals surface area contributed by atoms with E-state index in [4.69, 9.17) is 14.1 Å². The largest absolute Gasteiger partial charge is 0.497 e. The molecule has 1 aromatic heterocycles. The minimum Gasteiger partial charge on any atom is -0.497 e. The van der Waals surface area contributed by atoms with Crippen LogP contribution in [0.15, 0.2) is 82.2 Å². The highest BCUT2D eigenvalue weighted by Crippen LogP contribution is 2.25. The molecule has 0 amide bonds. The van der Waals surface area contributed by atoms with Gasteiger partial charge in [-0.05, 0) is 72.6 Å². The molecule has 3 nitrogen and oxygen atoms in total. The Hall–Kier alpha value is -3.40. The number of rotatable bonds is 4. The number of fused-ring (bicyclic) bond motifs is 1. The average Bonchev–Trinajstić information content (AvgIpc) is 2.75. The highest BCUT2D eigenvalue weighted by atomic mass is 19.1. The lowest BCUT2D eigenvalue weighted by atomic mass is 10.1. The molecule has 140 valence electrons. The molecular weight excluding hydrogens is 353 g/mol. The van der Waals surface area contributed by atoms with Crippen molar-refractivity contribution in [3.63, 3.8) is 0 Å². The van der Waals surface area contributed by atoms with Gasteiger partial charge >= 0.3 is 0 Å². The number of aryl methyl sites for hydroxylation is 1. The van der Waals surface area contributed by atoms with Crippen molar-refractivity contribution in [1.29, 1.82) is 0 Å². The van der Waals surface area contributed by atoms with Gasteiger partial charge in [0.25, 0.3) is 0 Å². The topological polar surface area (TPSA) is 34.7 Å². The molecule has 0 atom stereocenters. The van der Waals surface area contributed by atoms with Crippen LogP contribution in [-0.2, 0) is 6.42 Å². The van der Waals surface area contributed by atoms with E-state index in [1.165, 1.54) is 17.7 Å². The van der Waals surface area contributed by atoms with E-state index >= 15 is 0 Å². The first-order chi connectivity index (χ1) is 13.7. The molecule has 0 spiro atoms. The van der Waals surface area contributed by atoms with Gasteiger partial charge in [-0.3, -0.25) is 0 Å². The van der Waals surface area contributed by atoms with Crippen molar-refractivity contribution in [3.05, 3.63) is 89.5 Å². The molecule has 0 N–H and O–H groups in total. The zero-order valence-electron chi connectivity index (χ0n) is 15.8. The molecule has 28 heavy (non-hydrogen) atoms. The van der Waals surface area contributed by atoms with E-state index in [0.717, 1.165) is 34.1 Å². The second-order valence-corrected chi connectivity index (χ2v) is 6.50. The smallest absolute Gasteiger partial charge is 0.136 e. The Bertz CT molecular complexity index is 1180. The summed E-state index contributed by atoms with van der Waals surface area (Å²) in [7, 11) is 1.64. The molecule has 3 aromatic carbocycles. The van der Waals surface area contributed by atoms with Gasteiger partial charge in [0.1, 0.15) is 22.9 Å². The first kappa shape index (κ1) is 18.0. The van der Waals surface area contributed by atoms with Gasteiger partial charge in [-0.1, -0.05) is 13.0 Å². The minimum atomic E-state index is -0.279. The predicted molar refractivity (Wildman–Crippen MR) is 109 cm³/mol. The van der Waals surface area contributed by atoms with E-state index in [9.17, 15) is 4.39 Å². The van der Waals surface area contributed by atoms with Crippen LogP contribution in [0.2, 0.25) is 0 Å². The summed E-state index contributed by atoms with van der Waals surface area (Å²) in [5.74, 6) is 1.22. The maximum Gasteiger partial charge on any atom is 0.136 e. The summed E-state index contributed by atoms with van der Waals surface area (Å²) in [6, 6.07) is 21.9. The second kappa shape index (κ2) is 7.69. The van der Waals surface area contributed by atoms with Crippen LogP contribution in [0.5, 0.6) is 5.75 Å². The van der Waals surface area contributed by atoms with Crippen LogP contribution in [0.25, 0.3) is 22.3 Å². The van der Waals surface area contributed by atoms with Gasteiger partial charge in [0.05, 0.1) is 18.2 Å². The van der Waals surface area contributed by atoms with E-state index in [0.29, 0.717) is 11.4 Å². The van der Waals surface area contributed by atoms with Crippen LogP contribution < -0.4 is 10.1 Å². The van der Waals surface area contributed by atoms with Crippen molar-refractivity contribution >= 4 is 16.7 Å². The third-order valence-corrected chi connectivity index (χ3v) is 4.67. The van der Waals surface area contributed by atoms with E-state index in [-0.39, 0.29) is 5.82 Å². The number of nitrogens with zero attached hydrogens (tertiary/aromatic N) is 1. The number of halogens is 1. The molecule has 0 radical (unpaired) electrons. The molecule has 4 heteroatoms. The Morgan fingerprint density at radius 1 is 0.929 bits per heavy atom. The van der Waals surface area contributed by atoms with Crippen molar-refractivity contribution in [2.45, 2.75) is 13.3 Å². The summed E-state index contributed by atoms with van der Waals surface area (Å²) in [4.78, 5) is 4.75. The van der Waals surface area contributed by atoms with Gasteiger partial charge in [0.2, 0.25) is 0 Å². The number of benzene rings is 3.